The maximum absolute atomic E-state index is 13.1. The number of hydrogen-bond acceptors (Lipinski definition) is 7. The van der Waals surface area contributed by atoms with E-state index in [4.69, 9.17) is 9.73 Å². The molecule has 0 unspecified atom stereocenters. The molecule has 0 radical (unpaired) electrons. The van der Waals surface area contributed by atoms with Gasteiger partial charge in [-0.25, -0.2) is 9.79 Å². The zero-order chi connectivity index (χ0) is 24.2. The Morgan fingerprint density at radius 3 is 2.65 bits per heavy atom. The summed E-state index contributed by atoms with van der Waals surface area (Å²) in [7, 11) is 0. The molecule has 1 aromatic heterocycles. The molecule has 0 spiro atoms. The molecule has 4 rings (SSSR count). The maximum Gasteiger partial charge on any atom is 0.338 e. The summed E-state index contributed by atoms with van der Waals surface area (Å²) in [6, 6.07) is 9.54. The van der Waals surface area contributed by atoms with Crippen LogP contribution in [0.25, 0.3) is 0 Å². The van der Waals surface area contributed by atoms with Crippen molar-refractivity contribution >= 4 is 28.8 Å². The molecule has 8 heteroatoms. The summed E-state index contributed by atoms with van der Waals surface area (Å²) in [5.74, 6) is -0.485. The summed E-state index contributed by atoms with van der Waals surface area (Å²) in [6.07, 6.45) is 3.58. The van der Waals surface area contributed by atoms with Crippen LogP contribution in [0.4, 0.5) is 0 Å². The van der Waals surface area contributed by atoms with Crippen molar-refractivity contribution in [2.75, 3.05) is 6.61 Å². The lowest BCUT2D eigenvalue weighted by molar-refractivity contribution is -0.139. The highest BCUT2D eigenvalue weighted by Gasteiger charge is 2.41. The van der Waals surface area contributed by atoms with Crippen LogP contribution in [0, 0.1) is 13.8 Å². The van der Waals surface area contributed by atoms with Crippen molar-refractivity contribution in [2.24, 2.45) is 4.99 Å². The number of esters is 1. The maximum atomic E-state index is 13.1. The molecule has 0 fully saturated rings. The highest BCUT2D eigenvalue weighted by atomic mass is 32.2. The number of rotatable bonds is 7. The zero-order valence-corrected chi connectivity index (χ0v) is 20.6. The fourth-order valence-electron chi connectivity index (χ4n) is 4.12. The smallest absolute Gasteiger partial charge is 0.338 e. The summed E-state index contributed by atoms with van der Waals surface area (Å²) < 4.78 is 5.42. The third-order valence-corrected chi connectivity index (χ3v) is 6.69. The first-order chi connectivity index (χ1) is 16.4. The Morgan fingerprint density at radius 1 is 1.15 bits per heavy atom. The average Bonchev–Trinajstić information content (AvgIpc) is 3.21. The molecule has 2 aliphatic rings. The number of pyridine rings is 1. The lowest BCUT2D eigenvalue weighted by Crippen LogP contribution is -2.38. The first-order valence-electron chi connectivity index (χ1n) is 11.2. The highest BCUT2D eigenvalue weighted by molar-refractivity contribution is 8.16. The van der Waals surface area contributed by atoms with Gasteiger partial charge in [-0.1, -0.05) is 35.5 Å². The Labute approximate surface area is 204 Å². The van der Waals surface area contributed by atoms with E-state index in [1.807, 2.05) is 43.2 Å². The van der Waals surface area contributed by atoms with Gasteiger partial charge in [0, 0.05) is 24.6 Å². The number of amidine groups is 1. The SMILES string of the molecule is CCOC(=O)C1=C(C)N=C2SC=C(CC(=O)NCc3ccncc3)N2[C@H]1c1cc(C)ccc1C. The van der Waals surface area contributed by atoms with Gasteiger partial charge in [0.1, 0.15) is 0 Å². The molecule has 0 aliphatic carbocycles. The first-order valence-corrected chi connectivity index (χ1v) is 12.1. The molecule has 1 N–H and O–H groups in total. The van der Waals surface area contributed by atoms with E-state index in [9.17, 15) is 9.59 Å². The molecule has 2 aromatic rings. The number of fused-ring (bicyclic) bond motifs is 1. The number of aryl methyl sites for hydroxylation is 2. The van der Waals surface area contributed by atoms with E-state index < -0.39 is 6.04 Å². The summed E-state index contributed by atoms with van der Waals surface area (Å²) in [5, 5.41) is 5.68. The van der Waals surface area contributed by atoms with E-state index in [0.717, 1.165) is 33.1 Å². The van der Waals surface area contributed by atoms with Gasteiger partial charge in [0.15, 0.2) is 5.17 Å². The molecule has 3 heterocycles. The predicted molar refractivity (Wildman–Crippen MR) is 134 cm³/mol. The number of allylic oxidation sites excluding steroid dienone is 1. The van der Waals surface area contributed by atoms with E-state index in [-0.39, 0.29) is 24.9 Å². The fraction of sp³-hybridized carbons (Fsp3) is 0.308. The zero-order valence-electron chi connectivity index (χ0n) is 19.8. The minimum absolute atomic E-state index is 0.103. The number of nitrogens with zero attached hydrogens (tertiary/aromatic N) is 3. The predicted octanol–water partition coefficient (Wildman–Crippen LogP) is 4.54. The second-order valence-corrected chi connectivity index (χ2v) is 9.12. The summed E-state index contributed by atoms with van der Waals surface area (Å²) in [5.41, 5.74) is 6.08. The third-order valence-electron chi connectivity index (χ3n) is 5.81. The minimum atomic E-state index is -0.416. The Morgan fingerprint density at radius 2 is 1.91 bits per heavy atom. The number of aromatic nitrogens is 1. The second-order valence-electron chi connectivity index (χ2n) is 8.28. The van der Waals surface area contributed by atoms with Crippen LogP contribution in [0.2, 0.25) is 0 Å². The molecule has 1 aromatic carbocycles. The van der Waals surface area contributed by atoms with Crippen LogP contribution in [0.3, 0.4) is 0 Å². The van der Waals surface area contributed by atoms with Gasteiger partial charge in [-0.2, -0.15) is 0 Å². The van der Waals surface area contributed by atoms with Crippen molar-refractivity contribution in [1.29, 1.82) is 0 Å². The Hall–Kier alpha value is -3.39. The molecule has 0 saturated carbocycles. The fourth-order valence-corrected chi connectivity index (χ4v) is 5.08. The molecular weight excluding hydrogens is 448 g/mol. The lowest BCUT2D eigenvalue weighted by Gasteiger charge is -2.37. The van der Waals surface area contributed by atoms with Gasteiger partial charge in [0.05, 0.1) is 30.3 Å². The number of carbonyl (C=O) groups is 2. The van der Waals surface area contributed by atoms with Crippen molar-refractivity contribution in [3.63, 3.8) is 0 Å². The Kier molecular flexibility index (Phi) is 7.17. The third kappa shape index (κ3) is 4.92. The number of hydrogen-bond donors (Lipinski definition) is 1. The lowest BCUT2D eigenvalue weighted by atomic mass is 9.90. The standard InChI is InChI=1S/C26H28N4O3S/c1-5-33-25(32)23-18(4)29-26-30(24(23)21-12-16(2)6-7-17(21)3)20(15-34-26)13-22(31)28-14-19-8-10-27-11-9-19/h6-12,15,24H,5,13-14H2,1-4H3,(H,28,31)/t24-/m0/s1. The number of aliphatic imine (C=N–C) groups is 1. The molecule has 2 aliphatic heterocycles. The van der Waals surface area contributed by atoms with Gasteiger partial charge < -0.3 is 15.0 Å². The van der Waals surface area contributed by atoms with Crippen LogP contribution < -0.4 is 5.32 Å². The number of ether oxygens (including phenoxy) is 1. The van der Waals surface area contributed by atoms with Gasteiger partial charge in [-0.05, 0) is 61.9 Å². The average molecular weight is 477 g/mol. The van der Waals surface area contributed by atoms with Gasteiger partial charge in [-0.3, -0.25) is 9.78 Å². The molecular formula is C26H28N4O3S. The van der Waals surface area contributed by atoms with Crippen LogP contribution in [0.5, 0.6) is 0 Å². The summed E-state index contributed by atoms with van der Waals surface area (Å²) in [6.45, 7) is 8.41. The number of thioether (sulfide) groups is 1. The summed E-state index contributed by atoms with van der Waals surface area (Å²) in [4.78, 5) is 36.6. The van der Waals surface area contributed by atoms with Crippen LogP contribution >= 0.6 is 11.8 Å². The van der Waals surface area contributed by atoms with Crippen molar-refractivity contribution < 1.29 is 14.3 Å². The normalized spacial score (nSPS) is 17.2. The van der Waals surface area contributed by atoms with Crippen LogP contribution in [-0.2, 0) is 20.9 Å². The van der Waals surface area contributed by atoms with E-state index in [1.54, 1.807) is 19.3 Å². The molecule has 34 heavy (non-hydrogen) atoms. The Balaban J connectivity index is 1.65. The minimum Gasteiger partial charge on any atom is -0.463 e. The van der Waals surface area contributed by atoms with Gasteiger partial charge in [-0.15, -0.1) is 0 Å². The number of nitrogens with one attached hydrogen (secondary N) is 1. The topological polar surface area (TPSA) is 83.9 Å². The quantitative estimate of drug-likeness (QED) is 0.591. The van der Waals surface area contributed by atoms with Crippen LogP contribution in [-0.4, -0.2) is 33.5 Å². The Bertz CT molecular complexity index is 1200. The molecule has 0 saturated heterocycles. The van der Waals surface area contributed by atoms with E-state index >= 15 is 0 Å². The largest absolute Gasteiger partial charge is 0.463 e. The van der Waals surface area contributed by atoms with Crippen molar-refractivity contribution in [1.82, 2.24) is 15.2 Å². The first kappa shape index (κ1) is 23.8. The molecule has 7 nitrogen and oxygen atoms in total. The van der Waals surface area contributed by atoms with Crippen molar-refractivity contribution in [2.45, 2.75) is 46.7 Å². The van der Waals surface area contributed by atoms with Crippen LogP contribution in [0.15, 0.2) is 70.1 Å². The van der Waals surface area contributed by atoms with Crippen molar-refractivity contribution in [3.8, 4) is 0 Å². The van der Waals surface area contributed by atoms with E-state index in [2.05, 4.69) is 28.5 Å². The number of carbonyl (C=O) groups excluding carboxylic acids is 2. The molecule has 1 amide bonds. The number of amides is 1. The molecule has 1 atom stereocenters. The monoisotopic (exact) mass is 476 g/mol. The van der Waals surface area contributed by atoms with Gasteiger partial charge in [0.2, 0.25) is 5.91 Å². The molecule has 0 bridgehead atoms. The molecule has 176 valence electrons. The highest BCUT2D eigenvalue weighted by Crippen LogP contribution is 2.45. The summed E-state index contributed by atoms with van der Waals surface area (Å²) >= 11 is 1.47. The second kappa shape index (κ2) is 10.3. The number of benzene rings is 1. The van der Waals surface area contributed by atoms with Gasteiger partial charge >= 0.3 is 5.97 Å². The van der Waals surface area contributed by atoms with E-state index in [1.165, 1.54) is 11.8 Å². The van der Waals surface area contributed by atoms with Gasteiger partial charge in [0.25, 0.3) is 0 Å². The van der Waals surface area contributed by atoms with Crippen molar-refractivity contribution in [3.05, 3.63) is 87.4 Å². The van der Waals surface area contributed by atoms with E-state index in [0.29, 0.717) is 17.8 Å². The van der Waals surface area contributed by atoms with Crippen LogP contribution in [0.1, 0.15) is 48.6 Å².